The summed E-state index contributed by atoms with van der Waals surface area (Å²) in [5.41, 5.74) is 3.25. The minimum atomic E-state index is -1.05. The molecule has 5 heteroatoms. The average Bonchev–Trinajstić information content (AvgIpc) is 2.72. The predicted octanol–water partition coefficient (Wildman–Crippen LogP) is 5.82. The van der Waals surface area contributed by atoms with E-state index in [0.29, 0.717) is 18.0 Å². The van der Waals surface area contributed by atoms with Gasteiger partial charge < -0.3 is 15.1 Å². The molecule has 0 spiro atoms. The number of piperidine rings is 1. The highest BCUT2D eigenvalue weighted by molar-refractivity contribution is 5.89. The van der Waals surface area contributed by atoms with Gasteiger partial charge in [-0.3, -0.25) is 5.32 Å². The minimum Gasteiger partial charge on any atom is -0.465 e. The van der Waals surface area contributed by atoms with Crippen molar-refractivity contribution in [1.29, 1.82) is 0 Å². The predicted molar refractivity (Wildman–Crippen MR) is 123 cm³/mol. The van der Waals surface area contributed by atoms with E-state index < -0.39 is 11.7 Å². The quantitative estimate of drug-likeness (QED) is 0.538. The van der Waals surface area contributed by atoms with Gasteiger partial charge in [-0.15, -0.1) is 0 Å². The minimum absolute atomic E-state index is 0.178. The molecule has 1 heterocycles. The standard InChI is InChI=1S/C25H34N2O3/c1-4-18(17-25(2,3)30)21-10-11-23(22(16-21)26-24(28)29)27-14-12-20(13-15-27)19-8-6-5-7-9-19/h5-11,16,18,20,26,30H,4,12-15,17H2,1-3H3,(H,28,29). The molecule has 1 saturated heterocycles. The van der Waals surface area contributed by atoms with E-state index in [1.165, 1.54) is 5.56 Å². The number of nitrogens with zero attached hydrogens (tertiary/aromatic N) is 1. The first-order chi connectivity index (χ1) is 14.3. The Kier molecular flexibility index (Phi) is 7.03. The van der Waals surface area contributed by atoms with E-state index in [2.05, 4.69) is 47.5 Å². The van der Waals surface area contributed by atoms with Crippen LogP contribution in [0.4, 0.5) is 16.2 Å². The second-order valence-corrected chi connectivity index (χ2v) is 9.00. The maximum Gasteiger partial charge on any atom is 0.409 e. The summed E-state index contributed by atoms with van der Waals surface area (Å²) in [6.07, 6.45) is 2.57. The first kappa shape index (κ1) is 22.2. The Labute approximate surface area is 179 Å². The monoisotopic (exact) mass is 410 g/mol. The third-order valence-electron chi connectivity index (χ3n) is 6.08. The third-order valence-corrected chi connectivity index (χ3v) is 6.08. The lowest BCUT2D eigenvalue weighted by Crippen LogP contribution is -2.33. The Bertz CT molecular complexity index is 837. The number of aliphatic hydroxyl groups is 1. The number of hydrogen-bond acceptors (Lipinski definition) is 3. The van der Waals surface area contributed by atoms with Crippen molar-refractivity contribution in [3.63, 3.8) is 0 Å². The summed E-state index contributed by atoms with van der Waals surface area (Å²) < 4.78 is 0. The smallest absolute Gasteiger partial charge is 0.409 e. The lowest BCUT2D eigenvalue weighted by Gasteiger charge is -2.35. The van der Waals surface area contributed by atoms with Crippen molar-refractivity contribution in [2.75, 3.05) is 23.3 Å². The molecule has 1 aliphatic rings. The van der Waals surface area contributed by atoms with Gasteiger partial charge in [0, 0.05) is 13.1 Å². The highest BCUT2D eigenvalue weighted by atomic mass is 16.4. The topological polar surface area (TPSA) is 72.8 Å². The molecule has 0 bridgehead atoms. The van der Waals surface area contributed by atoms with Gasteiger partial charge in [-0.2, -0.15) is 0 Å². The maximum atomic E-state index is 11.5. The largest absolute Gasteiger partial charge is 0.465 e. The van der Waals surface area contributed by atoms with Crippen LogP contribution in [0.3, 0.4) is 0 Å². The number of anilines is 2. The zero-order valence-corrected chi connectivity index (χ0v) is 18.3. The Hall–Kier alpha value is -2.53. The molecule has 2 aromatic rings. The fraction of sp³-hybridized carbons (Fsp3) is 0.480. The number of nitrogens with one attached hydrogen (secondary N) is 1. The third kappa shape index (κ3) is 5.76. The normalized spacial score (nSPS) is 16.3. The summed E-state index contributed by atoms with van der Waals surface area (Å²) in [5, 5.41) is 22.2. The first-order valence-corrected chi connectivity index (χ1v) is 10.9. The number of carbonyl (C=O) groups is 1. The van der Waals surface area contributed by atoms with Crippen LogP contribution in [0.5, 0.6) is 0 Å². The van der Waals surface area contributed by atoms with Gasteiger partial charge in [-0.05, 0) is 74.6 Å². The molecule has 1 atom stereocenters. The van der Waals surface area contributed by atoms with Crippen LogP contribution in [-0.4, -0.2) is 35.0 Å². The van der Waals surface area contributed by atoms with E-state index in [0.717, 1.165) is 43.6 Å². The van der Waals surface area contributed by atoms with Gasteiger partial charge in [0.05, 0.1) is 17.0 Å². The van der Waals surface area contributed by atoms with Crippen molar-refractivity contribution in [2.24, 2.45) is 0 Å². The van der Waals surface area contributed by atoms with Gasteiger partial charge in [-0.1, -0.05) is 43.3 Å². The van der Waals surface area contributed by atoms with E-state index >= 15 is 0 Å². The van der Waals surface area contributed by atoms with Gasteiger partial charge in [0.25, 0.3) is 0 Å². The van der Waals surface area contributed by atoms with E-state index in [1.54, 1.807) is 0 Å². The molecule has 0 aromatic heterocycles. The molecule has 1 fully saturated rings. The number of amides is 1. The van der Waals surface area contributed by atoms with Crippen LogP contribution in [-0.2, 0) is 0 Å². The summed E-state index contributed by atoms with van der Waals surface area (Å²) in [6, 6.07) is 16.7. The highest BCUT2D eigenvalue weighted by Gasteiger charge is 2.25. The molecule has 0 radical (unpaired) electrons. The molecule has 3 N–H and O–H groups in total. The number of hydrogen-bond donors (Lipinski definition) is 3. The molecular weight excluding hydrogens is 376 g/mol. The maximum absolute atomic E-state index is 11.5. The highest BCUT2D eigenvalue weighted by Crippen LogP contribution is 2.37. The van der Waals surface area contributed by atoms with E-state index in [-0.39, 0.29) is 5.92 Å². The van der Waals surface area contributed by atoms with Crippen molar-refractivity contribution in [3.8, 4) is 0 Å². The molecule has 1 amide bonds. The summed E-state index contributed by atoms with van der Waals surface area (Å²) in [7, 11) is 0. The van der Waals surface area contributed by atoms with Gasteiger partial charge >= 0.3 is 6.09 Å². The molecule has 5 nitrogen and oxygen atoms in total. The fourth-order valence-electron chi connectivity index (χ4n) is 4.58. The molecule has 1 unspecified atom stereocenters. The van der Waals surface area contributed by atoms with Crippen molar-refractivity contribution >= 4 is 17.5 Å². The van der Waals surface area contributed by atoms with Gasteiger partial charge in [0.2, 0.25) is 0 Å². The van der Waals surface area contributed by atoms with Crippen molar-refractivity contribution in [1.82, 2.24) is 0 Å². The van der Waals surface area contributed by atoms with Crippen molar-refractivity contribution < 1.29 is 15.0 Å². The first-order valence-electron chi connectivity index (χ1n) is 10.9. The van der Waals surface area contributed by atoms with Gasteiger partial charge in [0.15, 0.2) is 0 Å². The Morgan fingerprint density at radius 3 is 2.40 bits per heavy atom. The lowest BCUT2D eigenvalue weighted by molar-refractivity contribution is 0.0624. The molecule has 30 heavy (non-hydrogen) atoms. The van der Waals surface area contributed by atoms with Crippen LogP contribution in [0.1, 0.15) is 69.4 Å². The van der Waals surface area contributed by atoms with Crippen LogP contribution < -0.4 is 10.2 Å². The van der Waals surface area contributed by atoms with Crippen LogP contribution in [0, 0.1) is 0 Å². The molecule has 1 aliphatic heterocycles. The van der Waals surface area contributed by atoms with Gasteiger partial charge in [-0.25, -0.2) is 4.79 Å². The summed E-state index contributed by atoms with van der Waals surface area (Å²) in [6.45, 7) is 7.53. The average molecular weight is 411 g/mol. The van der Waals surface area contributed by atoms with E-state index in [4.69, 9.17) is 0 Å². The van der Waals surface area contributed by atoms with E-state index in [1.807, 2.05) is 32.0 Å². The van der Waals surface area contributed by atoms with Crippen molar-refractivity contribution in [3.05, 3.63) is 59.7 Å². The summed E-state index contributed by atoms with van der Waals surface area (Å²) >= 11 is 0. The Balaban J connectivity index is 1.79. The number of carboxylic acid groups (broad SMARTS) is 1. The Morgan fingerprint density at radius 1 is 1.17 bits per heavy atom. The van der Waals surface area contributed by atoms with Crippen LogP contribution in [0.15, 0.2) is 48.5 Å². The second kappa shape index (κ2) is 9.52. The SMILES string of the molecule is CCC(CC(C)(C)O)c1ccc(N2CCC(c3ccccc3)CC2)c(NC(=O)O)c1. The molecule has 0 saturated carbocycles. The molecule has 162 valence electrons. The Morgan fingerprint density at radius 2 is 1.83 bits per heavy atom. The molecule has 3 rings (SSSR count). The second-order valence-electron chi connectivity index (χ2n) is 9.00. The molecule has 2 aromatic carbocycles. The summed E-state index contributed by atoms with van der Waals surface area (Å²) in [5.74, 6) is 0.728. The van der Waals surface area contributed by atoms with Crippen molar-refractivity contribution in [2.45, 2.75) is 63.9 Å². The summed E-state index contributed by atoms with van der Waals surface area (Å²) in [4.78, 5) is 13.7. The van der Waals surface area contributed by atoms with Crippen LogP contribution >= 0.6 is 0 Å². The molecule has 0 aliphatic carbocycles. The fourth-order valence-corrected chi connectivity index (χ4v) is 4.58. The molecular formula is C25H34N2O3. The van der Waals surface area contributed by atoms with Gasteiger partial charge in [0.1, 0.15) is 0 Å². The van der Waals surface area contributed by atoms with Crippen LogP contribution in [0.2, 0.25) is 0 Å². The zero-order valence-electron chi connectivity index (χ0n) is 18.3. The zero-order chi connectivity index (χ0) is 21.7. The van der Waals surface area contributed by atoms with Crippen LogP contribution in [0.25, 0.3) is 0 Å². The van der Waals surface area contributed by atoms with E-state index in [9.17, 15) is 15.0 Å². The number of rotatable bonds is 7. The number of benzene rings is 2. The lowest BCUT2D eigenvalue weighted by atomic mass is 9.85.